The lowest BCUT2D eigenvalue weighted by atomic mass is 10.0. The number of carbonyl (C=O) groups excluding carboxylic acids is 1. The van der Waals surface area contributed by atoms with E-state index in [4.69, 9.17) is 4.74 Å². The summed E-state index contributed by atoms with van der Waals surface area (Å²) in [5.74, 6) is 0.486. The van der Waals surface area contributed by atoms with Crippen molar-refractivity contribution in [2.75, 3.05) is 13.2 Å². The molecule has 1 aliphatic carbocycles. The lowest BCUT2D eigenvalue weighted by Gasteiger charge is -2.19. The number of hydrogen-bond donors (Lipinski definition) is 2. The first-order valence-electron chi connectivity index (χ1n) is 5.40. The fourth-order valence-electron chi connectivity index (χ4n) is 1.73. The maximum absolute atomic E-state index is 11.4. The van der Waals surface area contributed by atoms with Gasteiger partial charge in [-0.1, -0.05) is 0 Å². The molecule has 0 aromatic carbocycles. The zero-order valence-electron chi connectivity index (χ0n) is 8.58. The zero-order valence-corrected chi connectivity index (χ0v) is 8.58. The zero-order chi connectivity index (χ0) is 9.97. The van der Waals surface area contributed by atoms with Gasteiger partial charge in [0.25, 0.3) is 0 Å². The molecule has 1 aliphatic heterocycles. The van der Waals surface area contributed by atoms with Crippen LogP contribution in [0.3, 0.4) is 0 Å². The summed E-state index contributed by atoms with van der Waals surface area (Å²) in [6.07, 6.45) is 3.33. The van der Waals surface area contributed by atoms with Crippen LogP contribution in [0.1, 0.15) is 26.2 Å². The Kier molecular flexibility index (Phi) is 2.91. The maximum Gasteiger partial charge on any atom is 0.315 e. The molecule has 0 radical (unpaired) electrons. The second-order valence-corrected chi connectivity index (χ2v) is 4.30. The van der Waals surface area contributed by atoms with E-state index in [1.54, 1.807) is 0 Å². The summed E-state index contributed by atoms with van der Waals surface area (Å²) in [6.45, 7) is 3.66. The first-order chi connectivity index (χ1) is 6.75. The number of hydrogen-bond acceptors (Lipinski definition) is 2. The molecule has 2 amide bonds. The normalized spacial score (nSPS) is 28.5. The summed E-state index contributed by atoms with van der Waals surface area (Å²) in [5, 5.41) is 5.88. The van der Waals surface area contributed by atoms with Crippen LogP contribution in [0.15, 0.2) is 0 Å². The fraction of sp³-hybridized carbons (Fsp3) is 0.900. The van der Waals surface area contributed by atoms with Crippen molar-refractivity contribution >= 4 is 6.03 Å². The van der Waals surface area contributed by atoms with E-state index >= 15 is 0 Å². The molecule has 4 heteroatoms. The van der Waals surface area contributed by atoms with Gasteiger partial charge in [0, 0.05) is 24.6 Å². The van der Waals surface area contributed by atoms with Crippen LogP contribution in [0.5, 0.6) is 0 Å². The van der Waals surface area contributed by atoms with Gasteiger partial charge in [0.2, 0.25) is 0 Å². The van der Waals surface area contributed by atoms with Crippen molar-refractivity contribution in [1.29, 1.82) is 0 Å². The van der Waals surface area contributed by atoms with Gasteiger partial charge in [0.1, 0.15) is 0 Å². The van der Waals surface area contributed by atoms with Crippen LogP contribution >= 0.6 is 0 Å². The molecule has 2 aliphatic rings. The molecule has 0 aromatic rings. The third-order valence-corrected chi connectivity index (χ3v) is 2.94. The van der Waals surface area contributed by atoms with E-state index in [1.807, 2.05) is 6.92 Å². The first kappa shape index (κ1) is 9.77. The Labute approximate surface area is 84.4 Å². The Morgan fingerprint density at radius 3 is 2.79 bits per heavy atom. The Bertz CT molecular complexity index is 210. The van der Waals surface area contributed by atoms with Gasteiger partial charge in [-0.05, 0) is 26.2 Å². The Morgan fingerprint density at radius 2 is 2.21 bits per heavy atom. The van der Waals surface area contributed by atoms with Crippen molar-refractivity contribution in [3.8, 4) is 0 Å². The summed E-state index contributed by atoms with van der Waals surface area (Å²) in [5.41, 5.74) is 0. The van der Waals surface area contributed by atoms with E-state index in [1.165, 1.54) is 0 Å². The predicted octanol–water partition coefficient (Wildman–Crippen LogP) is 0.873. The summed E-state index contributed by atoms with van der Waals surface area (Å²) < 4.78 is 5.28. The van der Waals surface area contributed by atoms with Gasteiger partial charge in [-0.25, -0.2) is 4.79 Å². The van der Waals surface area contributed by atoms with Crippen molar-refractivity contribution < 1.29 is 9.53 Å². The van der Waals surface area contributed by atoms with E-state index in [-0.39, 0.29) is 12.1 Å². The van der Waals surface area contributed by atoms with E-state index in [0.29, 0.717) is 12.0 Å². The molecular weight excluding hydrogens is 180 g/mol. The van der Waals surface area contributed by atoms with Gasteiger partial charge in [-0.2, -0.15) is 0 Å². The molecule has 0 spiro atoms. The third kappa shape index (κ3) is 2.61. The van der Waals surface area contributed by atoms with Crippen molar-refractivity contribution in [3.63, 3.8) is 0 Å². The highest BCUT2D eigenvalue weighted by atomic mass is 16.5. The smallest absolute Gasteiger partial charge is 0.315 e. The third-order valence-electron chi connectivity index (χ3n) is 2.94. The van der Waals surface area contributed by atoms with Crippen molar-refractivity contribution in [2.24, 2.45) is 5.92 Å². The SMILES string of the molecule is CC(NC(=O)NC1CC1)C1CCOC1. The molecule has 1 heterocycles. The van der Waals surface area contributed by atoms with Crippen LogP contribution < -0.4 is 10.6 Å². The van der Waals surface area contributed by atoms with Crippen molar-refractivity contribution in [1.82, 2.24) is 10.6 Å². The topological polar surface area (TPSA) is 50.4 Å². The molecule has 1 saturated carbocycles. The van der Waals surface area contributed by atoms with Gasteiger partial charge in [0.05, 0.1) is 6.61 Å². The van der Waals surface area contributed by atoms with Crippen molar-refractivity contribution in [3.05, 3.63) is 0 Å². The molecule has 2 N–H and O–H groups in total. The van der Waals surface area contributed by atoms with Crippen LogP contribution in [-0.4, -0.2) is 31.3 Å². The molecule has 4 nitrogen and oxygen atoms in total. The average molecular weight is 198 g/mol. The lowest BCUT2D eigenvalue weighted by Crippen LogP contribution is -2.44. The summed E-state index contributed by atoms with van der Waals surface area (Å²) in [7, 11) is 0. The molecule has 0 aromatic heterocycles. The molecule has 0 bridgehead atoms. The quantitative estimate of drug-likeness (QED) is 0.707. The number of amides is 2. The average Bonchev–Trinajstić information content (AvgIpc) is 2.80. The maximum atomic E-state index is 11.4. The standard InChI is InChI=1S/C10H18N2O2/c1-7(8-4-5-14-6-8)11-10(13)12-9-2-3-9/h7-9H,2-6H2,1H3,(H2,11,12,13). The Balaban J connectivity index is 1.69. The highest BCUT2D eigenvalue weighted by Crippen LogP contribution is 2.19. The van der Waals surface area contributed by atoms with Crippen LogP contribution in [-0.2, 0) is 4.74 Å². The Morgan fingerprint density at radius 1 is 1.43 bits per heavy atom. The minimum atomic E-state index is -0.0214. The van der Waals surface area contributed by atoms with Gasteiger partial charge in [-0.3, -0.25) is 0 Å². The number of ether oxygens (including phenoxy) is 1. The first-order valence-corrected chi connectivity index (χ1v) is 5.40. The van der Waals surface area contributed by atoms with E-state index < -0.39 is 0 Å². The molecule has 2 atom stereocenters. The van der Waals surface area contributed by atoms with Crippen molar-refractivity contribution in [2.45, 2.75) is 38.3 Å². The molecule has 80 valence electrons. The fourth-order valence-corrected chi connectivity index (χ4v) is 1.73. The second-order valence-electron chi connectivity index (χ2n) is 4.30. The van der Waals surface area contributed by atoms with Gasteiger partial charge < -0.3 is 15.4 Å². The van der Waals surface area contributed by atoms with E-state index in [2.05, 4.69) is 10.6 Å². The van der Waals surface area contributed by atoms with E-state index in [0.717, 1.165) is 32.5 Å². The minimum Gasteiger partial charge on any atom is -0.381 e. The van der Waals surface area contributed by atoms with Crippen LogP contribution in [0.2, 0.25) is 0 Å². The van der Waals surface area contributed by atoms with Crippen LogP contribution in [0.25, 0.3) is 0 Å². The molecule has 2 fully saturated rings. The van der Waals surface area contributed by atoms with Gasteiger partial charge >= 0.3 is 6.03 Å². The van der Waals surface area contributed by atoms with Gasteiger partial charge in [-0.15, -0.1) is 0 Å². The Hall–Kier alpha value is -0.770. The molecule has 1 saturated heterocycles. The van der Waals surface area contributed by atoms with Crippen LogP contribution in [0, 0.1) is 5.92 Å². The second kappa shape index (κ2) is 4.17. The van der Waals surface area contributed by atoms with E-state index in [9.17, 15) is 4.79 Å². The summed E-state index contributed by atoms with van der Waals surface area (Å²) >= 11 is 0. The summed E-state index contributed by atoms with van der Waals surface area (Å²) in [6, 6.07) is 0.630. The molecule has 2 unspecified atom stereocenters. The lowest BCUT2D eigenvalue weighted by molar-refractivity contribution is 0.178. The monoisotopic (exact) mass is 198 g/mol. The van der Waals surface area contributed by atoms with Gasteiger partial charge in [0.15, 0.2) is 0 Å². The molecular formula is C10H18N2O2. The number of rotatable bonds is 3. The highest BCUT2D eigenvalue weighted by Gasteiger charge is 2.26. The highest BCUT2D eigenvalue weighted by molar-refractivity contribution is 5.74. The summed E-state index contributed by atoms with van der Waals surface area (Å²) in [4.78, 5) is 11.4. The number of carbonyl (C=O) groups is 1. The number of urea groups is 1. The minimum absolute atomic E-state index is 0.0214. The number of nitrogens with one attached hydrogen (secondary N) is 2. The predicted molar refractivity (Wildman–Crippen MR) is 53.1 cm³/mol. The molecule has 14 heavy (non-hydrogen) atoms. The largest absolute Gasteiger partial charge is 0.381 e. The molecule has 2 rings (SSSR count). The van der Waals surface area contributed by atoms with Crippen LogP contribution in [0.4, 0.5) is 4.79 Å².